The number of rotatable bonds is 5. The van der Waals surface area contributed by atoms with Gasteiger partial charge in [-0.05, 0) is 129 Å². The van der Waals surface area contributed by atoms with E-state index in [1.807, 2.05) is 23.5 Å². The molecule has 0 aliphatic heterocycles. The number of furan rings is 1. The van der Waals surface area contributed by atoms with Crippen molar-refractivity contribution in [2.45, 2.75) is 19.3 Å². The van der Waals surface area contributed by atoms with Crippen molar-refractivity contribution < 1.29 is 4.42 Å². The molecule has 0 saturated carbocycles. The van der Waals surface area contributed by atoms with Crippen LogP contribution in [-0.4, -0.2) is 4.57 Å². The van der Waals surface area contributed by atoms with Crippen molar-refractivity contribution in [3.05, 3.63) is 217 Å². The van der Waals surface area contributed by atoms with Gasteiger partial charge < -0.3 is 13.9 Å². The molecule has 4 heteroatoms. The van der Waals surface area contributed by atoms with Crippen molar-refractivity contribution in [1.29, 1.82) is 0 Å². The number of thiophene rings is 1. The highest BCUT2D eigenvalue weighted by Gasteiger charge is 2.37. The van der Waals surface area contributed by atoms with Crippen LogP contribution in [0.3, 0.4) is 0 Å². The van der Waals surface area contributed by atoms with E-state index in [0.29, 0.717) is 0 Å². The lowest BCUT2D eigenvalue weighted by Gasteiger charge is -2.25. The monoisotopic (exact) mass is 848 g/mol. The Morgan fingerprint density at radius 2 is 1.09 bits per heavy atom. The van der Waals surface area contributed by atoms with Gasteiger partial charge in [-0.3, -0.25) is 0 Å². The maximum atomic E-state index is 6.36. The summed E-state index contributed by atoms with van der Waals surface area (Å²) >= 11 is 1.86. The van der Waals surface area contributed by atoms with Crippen LogP contribution in [0.5, 0.6) is 0 Å². The molecule has 0 bridgehead atoms. The lowest BCUT2D eigenvalue weighted by molar-refractivity contribution is 0.666. The predicted molar refractivity (Wildman–Crippen MR) is 276 cm³/mol. The minimum Gasteiger partial charge on any atom is -0.456 e. The average molecular weight is 849 g/mol. The highest BCUT2D eigenvalue weighted by Crippen LogP contribution is 2.52. The maximum Gasteiger partial charge on any atom is 0.137 e. The molecule has 0 radical (unpaired) electrons. The lowest BCUT2D eigenvalue weighted by atomic mass is 9.80. The Morgan fingerprint density at radius 3 is 1.95 bits per heavy atom. The van der Waals surface area contributed by atoms with Crippen molar-refractivity contribution >= 4 is 103 Å². The summed E-state index contributed by atoms with van der Waals surface area (Å²) < 4.78 is 11.4. The van der Waals surface area contributed by atoms with Crippen LogP contribution in [0.2, 0.25) is 0 Å². The first-order chi connectivity index (χ1) is 32.0. The molecule has 10 aromatic carbocycles. The molecule has 3 heterocycles. The van der Waals surface area contributed by atoms with Crippen molar-refractivity contribution in [3.8, 4) is 27.9 Å². The topological polar surface area (TPSA) is 21.3 Å². The number of benzene rings is 10. The van der Waals surface area contributed by atoms with Gasteiger partial charge in [0, 0.05) is 75.9 Å². The smallest absolute Gasteiger partial charge is 0.137 e. The molecule has 3 aromatic heterocycles. The fourth-order valence-electron chi connectivity index (χ4n) is 11.1. The Balaban J connectivity index is 0.898. The Hall–Kier alpha value is -7.92. The third-order valence-corrected chi connectivity index (χ3v) is 15.2. The van der Waals surface area contributed by atoms with E-state index in [2.05, 4.69) is 217 Å². The van der Waals surface area contributed by atoms with Gasteiger partial charge in [-0.15, -0.1) is 11.3 Å². The van der Waals surface area contributed by atoms with Gasteiger partial charge in [0.25, 0.3) is 0 Å². The summed E-state index contributed by atoms with van der Waals surface area (Å²) in [6, 6.07) is 75.8. The summed E-state index contributed by atoms with van der Waals surface area (Å²) in [5, 5.41) is 9.95. The van der Waals surface area contributed by atoms with Crippen LogP contribution >= 0.6 is 11.3 Å². The summed E-state index contributed by atoms with van der Waals surface area (Å²) in [7, 11) is 0. The Morgan fingerprint density at radius 1 is 0.431 bits per heavy atom. The van der Waals surface area contributed by atoms with Crippen LogP contribution in [0.15, 0.2) is 211 Å². The first-order valence-corrected chi connectivity index (χ1v) is 23.2. The molecule has 306 valence electrons. The number of aromatic nitrogens is 1. The molecule has 0 spiro atoms. The molecule has 0 amide bonds. The number of fused-ring (bicyclic) bond motifs is 14. The number of hydrogen-bond donors (Lipinski definition) is 0. The van der Waals surface area contributed by atoms with E-state index in [9.17, 15) is 0 Å². The summed E-state index contributed by atoms with van der Waals surface area (Å²) in [6.07, 6.45) is 0. The third kappa shape index (κ3) is 5.35. The minimum atomic E-state index is -0.102. The van der Waals surface area contributed by atoms with E-state index < -0.39 is 0 Å². The van der Waals surface area contributed by atoms with E-state index in [4.69, 9.17) is 4.42 Å². The van der Waals surface area contributed by atoms with Crippen molar-refractivity contribution in [2.75, 3.05) is 4.90 Å². The number of hydrogen-bond acceptors (Lipinski definition) is 3. The third-order valence-electron chi connectivity index (χ3n) is 14.1. The molecular weight excluding hydrogens is 809 g/mol. The zero-order chi connectivity index (χ0) is 43.0. The predicted octanol–water partition coefficient (Wildman–Crippen LogP) is 17.6. The van der Waals surface area contributed by atoms with E-state index >= 15 is 0 Å². The zero-order valence-corrected chi connectivity index (χ0v) is 36.7. The van der Waals surface area contributed by atoms with Crippen LogP contribution in [0.4, 0.5) is 17.1 Å². The van der Waals surface area contributed by atoms with Gasteiger partial charge >= 0.3 is 0 Å². The maximum absolute atomic E-state index is 6.36. The second-order valence-corrected chi connectivity index (χ2v) is 19.2. The SMILES string of the molecule is CC1(C)c2ccccc2-c2ccc3cc4c5cc(-c6ccc7c(c6)sc6cc(N(c8ccccc8)c8ccc9c(c8)oc8ccccc89)ccc67)ccc5n(-c5ccccc5)c4cc3c21. The molecule has 0 N–H and O–H groups in total. The number of para-hydroxylation sites is 3. The number of nitrogens with zero attached hydrogens (tertiary/aromatic N) is 2. The first kappa shape index (κ1) is 36.6. The Labute approximate surface area is 379 Å². The van der Waals surface area contributed by atoms with Crippen LogP contribution in [0.1, 0.15) is 25.0 Å². The molecule has 13 aromatic rings. The van der Waals surface area contributed by atoms with Gasteiger partial charge in [0.05, 0.1) is 11.0 Å². The van der Waals surface area contributed by atoms with Crippen LogP contribution in [0.25, 0.3) is 103 Å². The summed E-state index contributed by atoms with van der Waals surface area (Å²) in [5.41, 5.74) is 16.5. The van der Waals surface area contributed by atoms with Gasteiger partial charge in [0.2, 0.25) is 0 Å². The highest BCUT2D eigenvalue weighted by molar-refractivity contribution is 7.25. The minimum absolute atomic E-state index is 0.102. The fraction of sp³-hybridized carbons (Fsp3) is 0.0492. The largest absolute Gasteiger partial charge is 0.456 e. The molecule has 0 atom stereocenters. The summed E-state index contributed by atoms with van der Waals surface area (Å²) in [6.45, 7) is 4.77. The Kier molecular flexibility index (Phi) is 7.62. The van der Waals surface area contributed by atoms with Gasteiger partial charge in [-0.2, -0.15) is 0 Å². The normalized spacial score (nSPS) is 13.2. The van der Waals surface area contributed by atoms with Gasteiger partial charge in [-0.25, -0.2) is 0 Å². The van der Waals surface area contributed by atoms with Gasteiger partial charge in [0.1, 0.15) is 11.2 Å². The van der Waals surface area contributed by atoms with Crippen molar-refractivity contribution in [2.24, 2.45) is 0 Å². The number of anilines is 3. The molecule has 1 aliphatic rings. The zero-order valence-electron chi connectivity index (χ0n) is 35.8. The Bertz CT molecular complexity index is 4100. The molecule has 0 unspecified atom stereocenters. The second-order valence-electron chi connectivity index (χ2n) is 18.1. The van der Waals surface area contributed by atoms with Crippen LogP contribution in [-0.2, 0) is 5.41 Å². The summed E-state index contributed by atoms with van der Waals surface area (Å²) in [5.74, 6) is 0. The van der Waals surface area contributed by atoms with E-state index in [1.165, 1.54) is 91.8 Å². The first-order valence-electron chi connectivity index (χ1n) is 22.4. The van der Waals surface area contributed by atoms with E-state index in [-0.39, 0.29) is 5.41 Å². The van der Waals surface area contributed by atoms with Crippen LogP contribution in [0, 0.1) is 0 Å². The van der Waals surface area contributed by atoms with E-state index in [1.54, 1.807) is 0 Å². The standard InChI is InChI=1S/C61H40N2OS/c1-61(2)53-19-11-9-17-44(53)49-27-22-39-32-52-51-31-37(23-30-54(51)63(41-15-7-4-8-16-41)55(52)36-50(39)60(49)61)38-21-26-47-48-29-25-43(35-59(48)65-58(47)33-38)62(40-13-5-3-6-14-40)42-24-28-46-45-18-10-12-20-56(45)64-57(46)34-42/h3-36H,1-2H3. The molecular formula is C61H40N2OS. The molecule has 65 heavy (non-hydrogen) atoms. The average Bonchev–Trinajstić information content (AvgIpc) is 4.07. The quantitative estimate of drug-likeness (QED) is 0.172. The van der Waals surface area contributed by atoms with E-state index in [0.717, 1.165) is 39.0 Å². The fourth-order valence-corrected chi connectivity index (χ4v) is 12.3. The molecule has 1 aliphatic carbocycles. The molecule has 3 nitrogen and oxygen atoms in total. The molecule has 0 saturated heterocycles. The van der Waals surface area contributed by atoms with Crippen molar-refractivity contribution in [3.63, 3.8) is 0 Å². The lowest BCUT2D eigenvalue weighted by Crippen LogP contribution is -2.15. The second kappa shape index (κ2) is 13.5. The molecule has 14 rings (SSSR count). The van der Waals surface area contributed by atoms with Crippen LogP contribution < -0.4 is 4.90 Å². The van der Waals surface area contributed by atoms with Gasteiger partial charge in [0.15, 0.2) is 0 Å². The van der Waals surface area contributed by atoms with Crippen molar-refractivity contribution in [1.82, 2.24) is 4.57 Å². The molecule has 0 fully saturated rings. The highest BCUT2D eigenvalue weighted by atomic mass is 32.1. The summed E-state index contributed by atoms with van der Waals surface area (Å²) in [4.78, 5) is 2.33. The van der Waals surface area contributed by atoms with Gasteiger partial charge in [-0.1, -0.05) is 129 Å².